The van der Waals surface area contributed by atoms with E-state index in [1.165, 1.54) is 31.4 Å². The maximum atomic E-state index is 13.0. The summed E-state index contributed by atoms with van der Waals surface area (Å²) < 4.78 is 13.0. The number of unbranched alkanes of at least 4 members (excludes halogenated alkanes) is 3. The van der Waals surface area contributed by atoms with Crippen LogP contribution >= 0.6 is 0 Å². The molecular formula is C17H22FOY-. The molecule has 1 saturated carbocycles. The Balaban J connectivity index is 0.00000200. The van der Waals surface area contributed by atoms with Gasteiger partial charge in [-0.05, 0) is 36.5 Å². The van der Waals surface area contributed by atoms with Crippen LogP contribution < -0.4 is 0 Å². The molecule has 1 radical (unpaired) electrons. The van der Waals surface area contributed by atoms with E-state index in [1.54, 1.807) is 12.1 Å². The molecule has 0 amide bonds. The maximum absolute atomic E-state index is 13.0. The zero-order chi connectivity index (χ0) is 13.7. The van der Waals surface area contributed by atoms with Gasteiger partial charge >= 0.3 is 0 Å². The fraction of sp³-hybridized carbons (Fsp3) is 0.529. The third-order valence-electron chi connectivity index (χ3n) is 4.13. The quantitative estimate of drug-likeness (QED) is 0.538. The number of hydrogen-bond acceptors (Lipinski definition) is 1. The summed E-state index contributed by atoms with van der Waals surface area (Å²) in [4.78, 5) is 12.1. The molecule has 1 aliphatic carbocycles. The predicted octanol–water partition coefficient (Wildman–Crippen LogP) is 4.67. The molecule has 2 unspecified atom stereocenters. The molecule has 0 N–H and O–H groups in total. The van der Waals surface area contributed by atoms with Gasteiger partial charge in [-0.2, -0.15) is 6.42 Å². The van der Waals surface area contributed by atoms with Gasteiger partial charge < -0.3 is 6.92 Å². The van der Waals surface area contributed by atoms with E-state index in [2.05, 4.69) is 6.92 Å². The van der Waals surface area contributed by atoms with Gasteiger partial charge in [0.15, 0.2) is 0 Å². The van der Waals surface area contributed by atoms with Crippen molar-refractivity contribution in [3.63, 3.8) is 0 Å². The smallest absolute Gasteiger partial charge is 0.140 e. The van der Waals surface area contributed by atoms with Crippen molar-refractivity contribution in [1.82, 2.24) is 0 Å². The van der Waals surface area contributed by atoms with Crippen LogP contribution in [-0.4, -0.2) is 5.78 Å². The molecular weight excluding hydrogens is 328 g/mol. The second-order valence-electron chi connectivity index (χ2n) is 5.50. The van der Waals surface area contributed by atoms with Crippen molar-refractivity contribution in [2.45, 2.75) is 50.9 Å². The molecule has 107 valence electrons. The molecule has 3 heteroatoms. The zero-order valence-corrected chi connectivity index (χ0v) is 14.8. The standard InChI is InChI=1S/C17H22FO.Y/c1-2-3-4-5-6-13-9-12-16(19)17(13)14-7-10-15(18)11-8-14;/h7-8,10-11,13,17H,1-6,9,12H2;/q-1;. The van der Waals surface area contributed by atoms with E-state index < -0.39 is 0 Å². The van der Waals surface area contributed by atoms with Crippen molar-refractivity contribution in [1.29, 1.82) is 0 Å². The number of carbonyl (C=O) groups excluding carboxylic acids is 1. The Morgan fingerprint density at radius 3 is 2.50 bits per heavy atom. The topological polar surface area (TPSA) is 17.1 Å². The second kappa shape index (κ2) is 9.05. The molecule has 20 heavy (non-hydrogen) atoms. The van der Waals surface area contributed by atoms with Crippen molar-refractivity contribution >= 4 is 5.78 Å². The number of carbonyl (C=O) groups is 1. The van der Waals surface area contributed by atoms with E-state index in [9.17, 15) is 9.18 Å². The van der Waals surface area contributed by atoms with Crippen LogP contribution in [0.25, 0.3) is 0 Å². The third-order valence-corrected chi connectivity index (χ3v) is 4.13. The number of Topliss-reactive ketones (excluding diaryl/α,β-unsaturated/α-hetero) is 1. The Kier molecular flexibility index (Phi) is 8.13. The van der Waals surface area contributed by atoms with Gasteiger partial charge in [-0.1, -0.05) is 31.4 Å². The molecule has 0 saturated heterocycles. The summed E-state index contributed by atoms with van der Waals surface area (Å²) >= 11 is 0. The summed E-state index contributed by atoms with van der Waals surface area (Å²) in [5, 5.41) is 0. The van der Waals surface area contributed by atoms with E-state index in [0.29, 0.717) is 18.1 Å². The predicted molar refractivity (Wildman–Crippen MR) is 75.3 cm³/mol. The Hall–Kier alpha value is -0.0761. The van der Waals surface area contributed by atoms with Crippen molar-refractivity contribution in [2.75, 3.05) is 0 Å². The Morgan fingerprint density at radius 2 is 1.85 bits per heavy atom. The summed E-state index contributed by atoms with van der Waals surface area (Å²) in [5.41, 5.74) is 0.992. The molecule has 0 aliphatic heterocycles. The van der Waals surface area contributed by atoms with Crippen LogP contribution in [0.2, 0.25) is 0 Å². The first kappa shape index (κ1) is 18.0. The number of rotatable bonds is 6. The van der Waals surface area contributed by atoms with Gasteiger partial charge in [0, 0.05) is 45.0 Å². The molecule has 2 rings (SSSR count). The fourth-order valence-electron chi connectivity index (χ4n) is 3.11. The summed E-state index contributed by atoms with van der Waals surface area (Å²) in [7, 11) is 0. The molecule has 0 spiro atoms. The molecule has 1 nitrogen and oxygen atoms in total. The average molecular weight is 350 g/mol. The molecule has 0 bridgehead atoms. The molecule has 1 aromatic carbocycles. The second-order valence-corrected chi connectivity index (χ2v) is 5.50. The first-order valence-electron chi connectivity index (χ1n) is 7.30. The fourth-order valence-corrected chi connectivity index (χ4v) is 3.11. The van der Waals surface area contributed by atoms with Gasteiger partial charge in [0.25, 0.3) is 0 Å². The summed E-state index contributed by atoms with van der Waals surface area (Å²) in [6.45, 7) is 3.85. The first-order valence-corrected chi connectivity index (χ1v) is 7.30. The first-order chi connectivity index (χ1) is 9.22. The van der Waals surface area contributed by atoms with Crippen LogP contribution in [-0.2, 0) is 37.5 Å². The number of halogens is 1. The molecule has 1 aromatic rings. The van der Waals surface area contributed by atoms with Gasteiger partial charge in [0.2, 0.25) is 0 Å². The molecule has 1 fully saturated rings. The summed E-state index contributed by atoms with van der Waals surface area (Å²) in [6, 6.07) is 6.46. The largest absolute Gasteiger partial charge is 0.343 e. The van der Waals surface area contributed by atoms with E-state index in [-0.39, 0.29) is 44.4 Å². The molecule has 2 atom stereocenters. The SMILES string of the molecule is [CH2-]CCCCCC1CCC(=O)C1c1ccc(F)cc1.[Y]. The van der Waals surface area contributed by atoms with Crippen LogP contribution in [0.1, 0.15) is 56.4 Å². The van der Waals surface area contributed by atoms with Gasteiger partial charge in [-0.15, -0.1) is 0 Å². The minimum atomic E-state index is -0.235. The Bertz CT molecular complexity index is 416. The summed E-state index contributed by atoms with van der Waals surface area (Å²) in [5.74, 6) is 0.540. The van der Waals surface area contributed by atoms with Crippen LogP contribution in [0.15, 0.2) is 24.3 Å². The average Bonchev–Trinajstić information content (AvgIpc) is 2.77. The van der Waals surface area contributed by atoms with Crippen LogP contribution in [0.3, 0.4) is 0 Å². The van der Waals surface area contributed by atoms with Crippen molar-refractivity contribution in [3.05, 3.63) is 42.6 Å². The molecule has 0 aromatic heterocycles. The van der Waals surface area contributed by atoms with E-state index in [4.69, 9.17) is 0 Å². The van der Waals surface area contributed by atoms with Crippen LogP contribution in [0, 0.1) is 18.7 Å². The van der Waals surface area contributed by atoms with Crippen molar-refractivity contribution < 1.29 is 41.9 Å². The number of benzene rings is 1. The maximum Gasteiger partial charge on any atom is 0.140 e. The zero-order valence-electron chi connectivity index (χ0n) is 12.0. The van der Waals surface area contributed by atoms with Crippen LogP contribution in [0.4, 0.5) is 4.39 Å². The van der Waals surface area contributed by atoms with Crippen LogP contribution in [0.5, 0.6) is 0 Å². The Labute approximate surface area is 146 Å². The van der Waals surface area contributed by atoms with Gasteiger partial charge in [0.1, 0.15) is 11.6 Å². The van der Waals surface area contributed by atoms with Gasteiger partial charge in [0.05, 0.1) is 0 Å². The monoisotopic (exact) mass is 350 g/mol. The number of ketones is 1. The minimum Gasteiger partial charge on any atom is -0.343 e. The van der Waals surface area contributed by atoms with E-state index in [0.717, 1.165) is 24.8 Å². The van der Waals surface area contributed by atoms with E-state index >= 15 is 0 Å². The third kappa shape index (κ3) is 4.74. The Morgan fingerprint density at radius 1 is 1.15 bits per heavy atom. The minimum absolute atomic E-state index is 0. The molecule has 1 aliphatic rings. The normalized spacial score (nSPS) is 21.8. The van der Waals surface area contributed by atoms with Crippen molar-refractivity contribution in [3.8, 4) is 0 Å². The van der Waals surface area contributed by atoms with Gasteiger partial charge in [-0.25, -0.2) is 4.39 Å². The molecule has 0 heterocycles. The van der Waals surface area contributed by atoms with Gasteiger partial charge in [-0.3, -0.25) is 4.79 Å². The van der Waals surface area contributed by atoms with E-state index in [1.807, 2.05) is 0 Å². The van der Waals surface area contributed by atoms with Crippen molar-refractivity contribution in [2.24, 2.45) is 5.92 Å². The number of hydrogen-bond donors (Lipinski definition) is 0. The summed E-state index contributed by atoms with van der Waals surface area (Å²) in [6.07, 6.45) is 7.31.